The lowest BCUT2D eigenvalue weighted by atomic mass is 10.1. The minimum absolute atomic E-state index is 0.202. The third kappa shape index (κ3) is 3.04. The Bertz CT molecular complexity index is 425. The monoisotopic (exact) mass is 233 g/mol. The number of para-hydroxylation sites is 1. The molecular formula is C11H11N3OS. The molecule has 0 aromatic heterocycles. The first-order chi connectivity index (χ1) is 7.69. The zero-order valence-electron chi connectivity index (χ0n) is 8.73. The first-order valence-electron chi connectivity index (χ1n) is 4.66. The Morgan fingerprint density at radius 1 is 1.44 bits per heavy atom. The van der Waals surface area contributed by atoms with E-state index in [0.717, 1.165) is 5.69 Å². The predicted molar refractivity (Wildman–Crippen MR) is 65.8 cm³/mol. The van der Waals surface area contributed by atoms with Crippen LogP contribution in [0.4, 0.5) is 5.69 Å². The number of benzene rings is 1. The van der Waals surface area contributed by atoms with Gasteiger partial charge in [-0.1, -0.05) is 30.4 Å². The molecule has 0 heterocycles. The molecule has 1 rings (SSSR count). The Balaban J connectivity index is 2.72. The number of nitrogens with zero attached hydrogens (tertiary/aromatic N) is 1. The fourth-order valence-electron chi connectivity index (χ4n) is 1.12. The van der Waals surface area contributed by atoms with E-state index in [2.05, 4.69) is 10.6 Å². The van der Waals surface area contributed by atoms with E-state index in [0.29, 0.717) is 0 Å². The van der Waals surface area contributed by atoms with Crippen molar-refractivity contribution in [3.63, 3.8) is 0 Å². The number of carbonyl (C=O) groups is 1. The van der Waals surface area contributed by atoms with Crippen molar-refractivity contribution in [2.75, 3.05) is 12.4 Å². The molecule has 1 aromatic rings. The zero-order valence-corrected chi connectivity index (χ0v) is 9.54. The van der Waals surface area contributed by atoms with Crippen molar-refractivity contribution in [2.24, 2.45) is 5.92 Å². The number of anilines is 1. The molecule has 0 saturated carbocycles. The van der Waals surface area contributed by atoms with Gasteiger partial charge in [-0.15, -0.1) is 0 Å². The highest BCUT2D eigenvalue weighted by Crippen LogP contribution is 2.08. The van der Waals surface area contributed by atoms with Gasteiger partial charge in [0.1, 0.15) is 4.99 Å². The maximum atomic E-state index is 11.3. The maximum absolute atomic E-state index is 11.3. The average molecular weight is 233 g/mol. The molecule has 0 bridgehead atoms. The summed E-state index contributed by atoms with van der Waals surface area (Å²) in [5.74, 6) is -1.36. The number of hydrogen-bond donors (Lipinski definition) is 2. The summed E-state index contributed by atoms with van der Waals surface area (Å²) < 4.78 is 0. The molecule has 1 amide bonds. The van der Waals surface area contributed by atoms with Crippen LogP contribution in [0.2, 0.25) is 0 Å². The van der Waals surface area contributed by atoms with Gasteiger partial charge >= 0.3 is 0 Å². The fraction of sp³-hybridized carbons (Fsp3) is 0.182. The second-order valence-electron chi connectivity index (χ2n) is 3.03. The Morgan fingerprint density at radius 3 is 2.56 bits per heavy atom. The van der Waals surface area contributed by atoms with Crippen molar-refractivity contribution in [2.45, 2.75) is 0 Å². The van der Waals surface area contributed by atoms with Crippen LogP contribution in [0.15, 0.2) is 30.3 Å². The molecule has 0 aliphatic carbocycles. The van der Waals surface area contributed by atoms with E-state index in [1.165, 1.54) is 7.05 Å². The number of amides is 1. The van der Waals surface area contributed by atoms with E-state index >= 15 is 0 Å². The maximum Gasteiger partial charge on any atom is 0.244 e. The highest BCUT2D eigenvalue weighted by atomic mass is 32.1. The topological polar surface area (TPSA) is 64.9 Å². The van der Waals surface area contributed by atoms with Crippen LogP contribution >= 0.6 is 12.2 Å². The SMILES string of the molecule is CNC(=O)[C@H](C#N)C(=S)Nc1ccccc1. The van der Waals surface area contributed by atoms with Gasteiger partial charge in [-0.3, -0.25) is 4.79 Å². The number of rotatable bonds is 3. The first kappa shape index (κ1) is 12.1. The second-order valence-corrected chi connectivity index (χ2v) is 3.47. The van der Waals surface area contributed by atoms with E-state index in [9.17, 15) is 4.79 Å². The van der Waals surface area contributed by atoms with E-state index in [1.54, 1.807) is 0 Å². The van der Waals surface area contributed by atoms with Crippen molar-refractivity contribution < 1.29 is 4.79 Å². The Kier molecular flexibility index (Phi) is 4.42. The standard InChI is InChI=1S/C11H11N3OS/c1-13-10(15)9(7-12)11(16)14-8-5-3-2-4-6-8/h2-6,9H,1H3,(H,13,15)(H,14,16)/t9-/m0/s1. The predicted octanol–water partition coefficient (Wildman–Crippen LogP) is 1.31. The molecule has 0 radical (unpaired) electrons. The molecule has 0 aliphatic rings. The number of carbonyl (C=O) groups excluding carboxylic acids is 1. The summed E-state index contributed by atoms with van der Waals surface area (Å²) >= 11 is 5.00. The van der Waals surface area contributed by atoms with Crippen molar-refractivity contribution in [3.05, 3.63) is 30.3 Å². The van der Waals surface area contributed by atoms with Crippen molar-refractivity contribution in [3.8, 4) is 6.07 Å². The number of thiocarbonyl (C=S) groups is 1. The highest BCUT2D eigenvalue weighted by Gasteiger charge is 2.21. The van der Waals surface area contributed by atoms with E-state index in [1.807, 2.05) is 36.4 Å². The van der Waals surface area contributed by atoms with Crippen LogP contribution in [0.3, 0.4) is 0 Å². The molecule has 2 N–H and O–H groups in total. The largest absolute Gasteiger partial charge is 0.358 e. The van der Waals surface area contributed by atoms with Gasteiger partial charge < -0.3 is 10.6 Å². The average Bonchev–Trinajstić information content (AvgIpc) is 2.31. The summed E-state index contributed by atoms with van der Waals surface area (Å²) in [5.41, 5.74) is 0.761. The van der Waals surface area contributed by atoms with Crippen LogP contribution in [0, 0.1) is 17.2 Å². The fourth-order valence-corrected chi connectivity index (χ4v) is 1.39. The van der Waals surface area contributed by atoms with E-state index in [4.69, 9.17) is 17.5 Å². The molecule has 0 spiro atoms. The van der Waals surface area contributed by atoms with Crippen LogP contribution in [0.1, 0.15) is 0 Å². The van der Waals surface area contributed by atoms with Crippen molar-refractivity contribution in [1.82, 2.24) is 5.32 Å². The molecule has 16 heavy (non-hydrogen) atoms. The minimum Gasteiger partial charge on any atom is -0.358 e. The molecule has 0 saturated heterocycles. The van der Waals surface area contributed by atoms with Crippen molar-refractivity contribution >= 4 is 28.8 Å². The van der Waals surface area contributed by atoms with Gasteiger partial charge in [0.05, 0.1) is 6.07 Å². The molecule has 5 heteroatoms. The van der Waals surface area contributed by atoms with Crippen LogP contribution in [0.5, 0.6) is 0 Å². The van der Waals surface area contributed by atoms with E-state index in [-0.39, 0.29) is 4.99 Å². The van der Waals surface area contributed by atoms with Gasteiger partial charge in [0.25, 0.3) is 0 Å². The minimum atomic E-state index is -0.958. The van der Waals surface area contributed by atoms with Gasteiger partial charge in [-0.25, -0.2) is 0 Å². The molecule has 82 valence electrons. The number of nitriles is 1. The summed E-state index contributed by atoms with van der Waals surface area (Å²) in [5, 5.41) is 14.1. The summed E-state index contributed by atoms with van der Waals surface area (Å²) in [6.07, 6.45) is 0. The zero-order chi connectivity index (χ0) is 12.0. The lowest BCUT2D eigenvalue weighted by molar-refractivity contribution is -0.121. The quantitative estimate of drug-likeness (QED) is 0.773. The van der Waals surface area contributed by atoms with Crippen LogP contribution in [0.25, 0.3) is 0 Å². The molecule has 1 aromatic carbocycles. The smallest absolute Gasteiger partial charge is 0.244 e. The normalized spacial score (nSPS) is 11.0. The summed E-state index contributed by atoms with van der Waals surface area (Å²) in [6.45, 7) is 0. The summed E-state index contributed by atoms with van der Waals surface area (Å²) in [7, 11) is 1.47. The van der Waals surface area contributed by atoms with Gasteiger partial charge in [-0.2, -0.15) is 5.26 Å². The molecular weight excluding hydrogens is 222 g/mol. The lowest BCUT2D eigenvalue weighted by Crippen LogP contribution is -2.34. The third-order valence-corrected chi connectivity index (χ3v) is 2.28. The number of hydrogen-bond acceptors (Lipinski definition) is 3. The summed E-state index contributed by atoms with van der Waals surface area (Å²) in [4.78, 5) is 11.5. The third-order valence-electron chi connectivity index (χ3n) is 1.94. The van der Waals surface area contributed by atoms with Crippen LogP contribution < -0.4 is 10.6 Å². The Labute approximate surface area is 99.3 Å². The molecule has 4 nitrogen and oxygen atoms in total. The Morgan fingerprint density at radius 2 is 2.06 bits per heavy atom. The molecule has 0 unspecified atom stereocenters. The van der Waals surface area contributed by atoms with Crippen LogP contribution in [-0.2, 0) is 4.79 Å². The van der Waals surface area contributed by atoms with E-state index < -0.39 is 11.8 Å². The van der Waals surface area contributed by atoms with Crippen LogP contribution in [-0.4, -0.2) is 17.9 Å². The first-order valence-corrected chi connectivity index (χ1v) is 5.07. The van der Waals surface area contributed by atoms with Crippen molar-refractivity contribution in [1.29, 1.82) is 5.26 Å². The number of nitrogens with one attached hydrogen (secondary N) is 2. The molecule has 0 aliphatic heterocycles. The second kappa shape index (κ2) is 5.83. The molecule has 0 fully saturated rings. The van der Waals surface area contributed by atoms with Gasteiger partial charge in [0, 0.05) is 12.7 Å². The highest BCUT2D eigenvalue weighted by molar-refractivity contribution is 7.80. The van der Waals surface area contributed by atoms with Gasteiger partial charge in [-0.05, 0) is 12.1 Å². The Hall–Kier alpha value is -1.93. The van der Waals surface area contributed by atoms with Gasteiger partial charge in [0.2, 0.25) is 5.91 Å². The lowest BCUT2D eigenvalue weighted by Gasteiger charge is -2.11. The van der Waals surface area contributed by atoms with Gasteiger partial charge in [0.15, 0.2) is 5.92 Å². The summed E-state index contributed by atoms with van der Waals surface area (Å²) in [6, 6.07) is 11.0. The molecule has 1 atom stereocenters.